The van der Waals surface area contributed by atoms with Gasteiger partial charge in [0.2, 0.25) is 5.88 Å². The highest BCUT2D eigenvalue weighted by atomic mass is 19.4. The molecule has 1 amide bonds. The van der Waals surface area contributed by atoms with E-state index >= 15 is 0 Å². The van der Waals surface area contributed by atoms with Crippen LogP contribution in [-0.2, 0) is 10.3 Å². The van der Waals surface area contributed by atoms with Crippen molar-refractivity contribution in [2.24, 2.45) is 10.7 Å². The Bertz CT molecular complexity index is 982. The number of hydrogen-bond acceptors (Lipinski definition) is 8. The first-order chi connectivity index (χ1) is 14.0. The molecule has 2 aromatic heterocycles. The predicted octanol–water partition coefficient (Wildman–Crippen LogP) is 2.15. The molecule has 0 fully saturated rings. The SMILES string of the molecule is COc1cnc(C(=O)Nc2ccc(F)c(C3(C)CC(C(F)(F)F)OC(N)=N3)n2)cn1. The number of amidine groups is 1. The van der Waals surface area contributed by atoms with Crippen LogP contribution in [0.1, 0.15) is 29.5 Å². The average Bonchev–Trinajstić information content (AvgIpc) is 2.68. The molecule has 0 saturated carbocycles. The quantitative estimate of drug-likeness (QED) is 0.715. The summed E-state index contributed by atoms with van der Waals surface area (Å²) in [7, 11) is 1.38. The van der Waals surface area contributed by atoms with Crippen LogP contribution in [0.4, 0.5) is 23.4 Å². The number of rotatable bonds is 4. The van der Waals surface area contributed by atoms with Gasteiger partial charge in [0.05, 0.1) is 19.5 Å². The Hall–Kier alpha value is -3.51. The fourth-order valence-electron chi connectivity index (χ4n) is 2.80. The summed E-state index contributed by atoms with van der Waals surface area (Å²) >= 11 is 0. The van der Waals surface area contributed by atoms with Crippen LogP contribution in [0.15, 0.2) is 29.5 Å². The Labute approximate surface area is 167 Å². The first kappa shape index (κ1) is 21.2. The van der Waals surface area contributed by atoms with Crippen molar-refractivity contribution in [1.82, 2.24) is 15.0 Å². The molecule has 0 spiro atoms. The van der Waals surface area contributed by atoms with Gasteiger partial charge in [0.25, 0.3) is 11.9 Å². The standard InChI is InChI=1S/C17H16F4N6O3/c1-16(5-10(17(19,20)21)30-15(22)27-16)13-8(18)3-4-11(25-13)26-14(28)9-6-24-12(29-2)7-23-9/h3-4,6-7,10H,5H2,1-2H3,(H2,22,27)(H,25,26,28). The highest BCUT2D eigenvalue weighted by Gasteiger charge is 2.50. The zero-order valence-corrected chi connectivity index (χ0v) is 15.7. The first-order valence-electron chi connectivity index (χ1n) is 8.45. The lowest BCUT2D eigenvalue weighted by atomic mass is 9.89. The summed E-state index contributed by atoms with van der Waals surface area (Å²) in [5.74, 6) is -1.57. The molecule has 2 aromatic rings. The maximum atomic E-state index is 14.5. The number of halogens is 4. The number of anilines is 1. The fourth-order valence-corrected chi connectivity index (χ4v) is 2.80. The number of nitrogens with two attached hydrogens (primary N) is 1. The van der Waals surface area contributed by atoms with Gasteiger partial charge in [0, 0.05) is 6.42 Å². The molecule has 0 radical (unpaired) electrons. The summed E-state index contributed by atoms with van der Waals surface area (Å²) in [6.45, 7) is 1.24. The highest BCUT2D eigenvalue weighted by Crippen LogP contribution is 2.40. The summed E-state index contributed by atoms with van der Waals surface area (Å²) in [5.41, 5.74) is 3.10. The maximum Gasteiger partial charge on any atom is 0.425 e. The topological polar surface area (TPSA) is 125 Å². The lowest BCUT2D eigenvalue weighted by Gasteiger charge is -2.35. The Morgan fingerprint density at radius 3 is 2.67 bits per heavy atom. The number of hydrogen-bond donors (Lipinski definition) is 2. The minimum atomic E-state index is -4.74. The fraction of sp³-hybridized carbons (Fsp3) is 0.353. The van der Waals surface area contributed by atoms with Gasteiger partial charge < -0.3 is 20.5 Å². The normalized spacial score (nSPS) is 21.4. The third-order valence-corrected chi connectivity index (χ3v) is 4.24. The molecule has 1 aliphatic rings. The monoisotopic (exact) mass is 428 g/mol. The van der Waals surface area contributed by atoms with Crippen molar-refractivity contribution >= 4 is 17.7 Å². The van der Waals surface area contributed by atoms with Crippen LogP contribution < -0.4 is 15.8 Å². The number of nitrogens with zero attached hydrogens (tertiary/aromatic N) is 4. The van der Waals surface area contributed by atoms with Crippen LogP contribution in [-0.4, -0.2) is 46.3 Å². The molecule has 2 atom stereocenters. The van der Waals surface area contributed by atoms with Crippen molar-refractivity contribution in [3.63, 3.8) is 0 Å². The molecule has 9 nitrogen and oxygen atoms in total. The molecule has 2 unspecified atom stereocenters. The Kier molecular flexibility index (Phi) is 5.46. The van der Waals surface area contributed by atoms with E-state index in [1.54, 1.807) is 0 Å². The summed E-state index contributed by atoms with van der Waals surface area (Å²) in [6.07, 6.45) is -5.40. The molecule has 3 rings (SSSR count). The number of nitrogens with one attached hydrogen (secondary N) is 1. The molecule has 0 saturated heterocycles. The van der Waals surface area contributed by atoms with Gasteiger partial charge in [0.1, 0.15) is 28.6 Å². The second-order valence-corrected chi connectivity index (χ2v) is 6.50. The van der Waals surface area contributed by atoms with Crippen molar-refractivity contribution in [3.05, 3.63) is 41.7 Å². The van der Waals surface area contributed by atoms with Gasteiger partial charge in [-0.05, 0) is 19.1 Å². The number of carbonyl (C=O) groups excluding carboxylic acids is 1. The number of alkyl halides is 3. The second kappa shape index (κ2) is 7.72. The van der Waals surface area contributed by atoms with Crippen molar-refractivity contribution in [2.75, 3.05) is 12.4 Å². The number of pyridine rings is 1. The number of aliphatic imine (C=N–C) groups is 1. The molecule has 13 heteroatoms. The zero-order chi connectivity index (χ0) is 22.1. The largest absolute Gasteiger partial charge is 0.480 e. The van der Waals surface area contributed by atoms with Gasteiger partial charge in [-0.25, -0.2) is 24.3 Å². The minimum Gasteiger partial charge on any atom is -0.480 e. The van der Waals surface area contributed by atoms with E-state index < -0.39 is 47.7 Å². The van der Waals surface area contributed by atoms with Gasteiger partial charge >= 0.3 is 6.18 Å². The molecule has 30 heavy (non-hydrogen) atoms. The van der Waals surface area contributed by atoms with Crippen LogP contribution in [0.2, 0.25) is 0 Å². The second-order valence-electron chi connectivity index (χ2n) is 6.50. The lowest BCUT2D eigenvalue weighted by Crippen LogP contribution is -2.46. The van der Waals surface area contributed by atoms with Gasteiger partial charge in [-0.2, -0.15) is 13.2 Å². The first-order valence-corrected chi connectivity index (χ1v) is 8.45. The maximum absolute atomic E-state index is 14.5. The van der Waals surface area contributed by atoms with Crippen LogP contribution >= 0.6 is 0 Å². The molecule has 1 aliphatic heterocycles. The van der Waals surface area contributed by atoms with Crippen molar-refractivity contribution in [1.29, 1.82) is 0 Å². The third kappa shape index (κ3) is 4.39. The van der Waals surface area contributed by atoms with Crippen molar-refractivity contribution in [3.8, 4) is 5.88 Å². The molecule has 3 N–H and O–H groups in total. The summed E-state index contributed by atoms with van der Waals surface area (Å²) < 4.78 is 63.2. The van der Waals surface area contributed by atoms with E-state index in [-0.39, 0.29) is 17.4 Å². The molecule has 0 aromatic carbocycles. The Morgan fingerprint density at radius 1 is 1.33 bits per heavy atom. The van der Waals surface area contributed by atoms with Gasteiger partial charge in [-0.1, -0.05) is 0 Å². The summed E-state index contributed by atoms with van der Waals surface area (Å²) in [6, 6.07) is 1.35. The third-order valence-electron chi connectivity index (χ3n) is 4.24. The Balaban J connectivity index is 1.89. The van der Waals surface area contributed by atoms with E-state index in [9.17, 15) is 22.4 Å². The molecule has 160 valence electrons. The number of carbonyl (C=O) groups is 1. The number of amides is 1. The number of ether oxygens (including phenoxy) is 2. The highest BCUT2D eigenvalue weighted by molar-refractivity contribution is 6.02. The van der Waals surface area contributed by atoms with Gasteiger partial charge in [-0.15, -0.1) is 0 Å². The van der Waals surface area contributed by atoms with Crippen LogP contribution in [0.5, 0.6) is 5.88 Å². The van der Waals surface area contributed by atoms with E-state index in [0.29, 0.717) is 0 Å². The zero-order valence-electron chi connectivity index (χ0n) is 15.7. The number of methoxy groups -OCH3 is 1. The van der Waals surface area contributed by atoms with Crippen LogP contribution in [0.3, 0.4) is 0 Å². The van der Waals surface area contributed by atoms with E-state index in [1.165, 1.54) is 20.2 Å². The van der Waals surface area contributed by atoms with Crippen LogP contribution in [0, 0.1) is 5.82 Å². The molecular weight excluding hydrogens is 412 g/mol. The number of aromatic nitrogens is 3. The van der Waals surface area contributed by atoms with Crippen molar-refractivity contribution < 1.29 is 31.8 Å². The summed E-state index contributed by atoms with van der Waals surface area (Å²) in [4.78, 5) is 27.8. The summed E-state index contributed by atoms with van der Waals surface area (Å²) in [5, 5.41) is 2.38. The minimum absolute atomic E-state index is 0.0832. The molecular formula is C17H16F4N6O3. The van der Waals surface area contributed by atoms with E-state index in [4.69, 9.17) is 10.5 Å². The molecule has 0 aliphatic carbocycles. The average molecular weight is 428 g/mol. The smallest absolute Gasteiger partial charge is 0.425 e. The van der Waals surface area contributed by atoms with E-state index in [0.717, 1.165) is 18.3 Å². The van der Waals surface area contributed by atoms with E-state index in [1.807, 2.05) is 0 Å². The van der Waals surface area contributed by atoms with Crippen molar-refractivity contribution in [2.45, 2.75) is 31.2 Å². The predicted molar refractivity (Wildman–Crippen MR) is 95.3 cm³/mol. The molecule has 0 bridgehead atoms. The van der Waals surface area contributed by atoms with Gasteiger partial charge in [0.15, 0.2) is 6.10 Å². The molecule has 3 heterocycles. The van der Waals surface area contributed by atoms with Gasteiger partial charge in [-0.3, -0.25) is 4.79 Å². The van der Waals surface area contributed by atoms with E-state index in [2.05, 4.69) is 30.0 Å². The Morgan fingerprint density at radius 2 is 2.07 bits per heavy atom. The van der Waals surface area contributed by atoms with Crippen LogP contribution in [0.25, 0.3) is 0 Å². The lowest BCUT2D eigenvalue weighted by molar-refractivity contribution is -0.208.